The molecule has 1 heterocycles. The van der Waals surface area contributed by atoms with Crippen molar-refractivity contribution in [3.8, 4) is 0 Å². The maximum Gasteiger partial charge on any atom is 0.407 e. The molecule has 1 fully saturated rings. The Labute approximate surface area is 150 Å². The summed E-state index contributed by atoms with van der Waals surface area (Å²) in [5.74, 6) is 0. The molecule has 0 spiro atoms. The predicted octanol–water partition coefficient (Wildman–Crippen LogP) is 2.51. The number of benzene rings is 1. The van der Waals surface area contributed by atoms with Crippen LogP contribution in [0.15, 0.2) is 24.3 Å². The van der Waals surface area contributed by atoms with Crippen LogP contribution in [0.2, 0.25) is 0 Å². The lowest BCUT2D eigenvalue weighted by molar-refractivity contribution is 0.0217. The van der Waals surface area contributed by atoms with Crippen molar-refractivity contribution in [2.24, 2.45) is 0 Å². The number of nitrogens with zero attached hydrogens (tertiary/aromatic N) is 1. The minimum absolute atomic E-state index is 0.150. The van der Waals surface area contributed by atoms with Gasteiger partial charge in [-0.3, -0.25) is 4.90 Å². The van der Waals surface area contributed by atoms with Crippen LogP contribution in [0.5, 0.6) is 0 Å². The second kappa shape index (κ2) is 7.75. The Bertz CT molecular complexity index is 579. The van der Waals surface area contributed by atoms with Crippen LogP contribution in [0, 0.1) is 0 Å². The van der Waals surface area contributed by atoms with E-state index in [2.05, 4.69) is 34.5 Å². The largest absolute Gasteiger partial charge is 0.447 e. The zero-order chi connectivity index (χ0) is 17.9. The first-order valence-electron chi connectivity index (χ1n) is 9.43. The van der Waals surface area contributed by atoms with Crippen molar-refractivity contribution in [1.82, 2.24) is 10.2 Å². The van der Waals surface area contributed by atoms with Crippen molar-refractivity contribution in [3.05, 3.63) is 35.4 Å². The van der Waals surface area contributed by atoms with Gasteiger partial charge in [-0.05, 0) is 63.6 Å². The molecule has 3 rings (SSSR count). The number of alkyl carbamates (subject to hydrolysis) is 1. The Balaban J connectivity index is 1.51. The van der Waals surface area contributed by atoms with E-state index in [1.165, 1.54) is 11.1 Å². The molecule has 0 bridgehead atoms. The molecule has 0 aromatic heterocycles. The first-order chi connectivity index (χ1) is 12.0. The third kappa shape index (κ3) is 4.73. The van der Waals surface area contributed by atoms with Crippen LogP contribution in [0.3, 0.4) is 0 Å². The minimum atomic E-state index is -0.837. The number of ether oxygens (including phenoxy) is 1. The number of hydrogen-bond donors (Lipinski definition) is 2. The summed E-state index contributed by atoms with van der Waals surface area (Å²) in [5.41, 5.74) is 2.09. The van der Waals surface area contributed by atoms with Gasteiger partial charge in [0.05, 0.1) is 11.7 Å². The molecule has 1 aromatic rings. The molecule has 1 aliphatic carbocycles. The Hall–Kier alpha value is -1.59. The van der Waals surface area contributed by atoms with Gasteiger partial charge in [0.1, 0.15) is 0 Å². The fourth-order valence-corrected chi connectivity index (χ4v) is 4.03. The average Bonchev–Trinajstić information content (AvgIpc) is 2.90. The number of hydrogen-bond acceptors (Lipinski definition) is 4. The predicted molar refractivity (Wildman–Crippen MR) is 97.6 cm³/mol. The zero-order valence-corrected chi connectivity index (χ0v) is 15.3. The lowest BCUT2D eigenvalue weighted by Gasteiger charge is -2.29. The summed E-state index contributed by atoms with van der Waals surface area (Å²) < 4.78 is 5.08. The van der Waals surface area contributed by atoms with Gasteiger partial charge in [-0.15, -0.1) is 0 Å². The topological polar surface area (TPSA) is 61.8 Å². The highest BCUT2D eigenvalue weighted by molar-refractivity contribution is 5.67. The van der Waals surface area contributed by atoms with Gasteiger partial charge >= 0.3 is 6.09 Å². The fourth-order valence-electron chi connectivity index (χ4n) is 4.03. The number of aliphatic hydroxyl groups is 1. The maximum atomic E-state index is 11.7. The van der Waals surface area contributed by atoms with Crippen LogP contribution < -0.4 is 5.32 Å². The lowest BCUT2D eigenvalue weighted by Crippen LogP contribution is -2.44. The zero-order valence-electron chi connectivity index (χ0n) is 15.3. The van der Waals surface area contributed by atoms with Gasteiger partial charge in [-0.1, -0.05) is 24.3 Å². The highest BCUT2D eigenvalue weighted by atomic mass is 16.6. The van der Waals surface area contributed by atoms with E-state index >= 15 is 0 Å². The van der Waals surface area contributed by atoms with Crippen LogP contribution >= 0.6 is 0 Å². The molecule has 1 saturated heterocycles. The normalized spacial score (nSPS) is 24.8. The number of likely N-dealkylation sites (tertiary alicyclic amines) is 1. The van der Waals surface area contributed by atoms with E-state index in [0.29, 0.717) is 18.9 Å². The molecule has 25 heavy (non-hydrogen) atoms. The second-order valence-corrected chi connectivity index (χ2v) is 7.75. The van der Waals surface area contributed by atoms with Crippen LogP contribution in [-0.4, -0.2) is 53.5 Å². The monoisotopic (exact) mass is 346 g/mol. The summed E-state index contributed by atoms with van der Waals surface area (Å²) >= 11 is 0. The minimum Gasteiger partial charge on any atom is -0.447 e. The second-order valence-electron chi connectivity index (χ2n) is 7.75. The summed E-state index contributed by atoms with van der Waals surface area (Å²) in [6, 6.07) is 9.23. The smallest absolute Gasteiger partial charge is 0.407 e. The summed E-state index contributed by atoms with van der Waals surface area (Å²) in [5, 5.41) is 13.6. The number of amides is 1. The quantitative estimate of drug-likeness (QED) is 0.879. The Morgan fingerprint density at radius 3 is 2.60 bits per heavy atom. The molecule has 0 radical (unpaired) electrons. The van der Waals surface area contributed by atoms with Crippen LogP contribution in [0.1, 0.15) is 44.2 Å². The van der Waals surface area contributed by atoms with E-state index < -0.39 is 11.7 Å². The molecule has 5 heteroatoms. The van der Waals surface area contributed by atoms with Gasteiger partial charge in [0.15, 0.2) is 0 Å². The highest BCUT2D eigenvalue weighted by Crippen LogP contribution is 2.29. The number of rotatable bonds is 4. The molecule has 1 aliphatic heterocycles. The molecular weight excluding hydrogens is 316 g/mol. The van der Waals surface area contributed by atoms with Gasteiger partial charge < -0.3 is 15.2 Å². The maximum absolute atomic E-state index is 11.7. The third-order valence-electron chi connectivity index (χ3n) is 5.40. The lowest BCUT2D eigenvalue weighted by atomic mass is 9.95. The summed E-state index contributed by atoms with van der Waals surface area (Å²) in [4.78, 5) is 14.2. The molecule has 1 amide bonds. The molecule has 2 N–H and O–H groups in total. The van der Waals surface area contributed by atoms with E-state index in [-0.39, 0.29) is 12.6 Å². The molecule has 138 valence electrons. The van der Waals surface area contributed by atoms with Gasteiger partial charge in [-0.25, -0.2) is 4.79 Å². The van der Waals surface area contributed by atoms with Crippen molar-refractivity contribution in [2.75, 3.05) is 19.6 Å². The Morgan fingerprint density at radius 1 is 1.28 bits per heavy atom. The van der Waals surface area contributed by atoms with E-state index in [0.717, 1.165) is 32.4 Å². The van der Waals surface area contributed by atoms with E-state index in [1.807, 2.05) is 13.8 Å². The van der Waals surface area contributed by atoms with Gasteiger partial charge in [0.2, 0.25) is 0 Å². The van der Waals surface area contributed by atoms with Crippen LogP contribution in [-0.2, 0) is 17.6 Å². The number of carbonyl (C=O) groups excluding carboxylic acids is 1. The van der Waals surface area contributed by atoms with Crippen molar-refractivity contribution in [1.29, 1.82) is 0 Å². The summed E-state index contributed by atoms with van der Waals surface area (Å²) in [7, 11) is 0. The third-order valence-corrected chi connectivity index (χ3v) is 5.40. The number of carbonyl (C=O) groups is 1. The molecular formula is C20H30N2O3. The van der Waals surface area contributed by atoms with Gasteiger partial charge in [0.25, 0.3) is 0 Å². The highest BCUT2D eigenvalue weighted by Gasteiger charge is 2.34. The fraction of sp³-hybridized carbons (Fsp3) is 0.650. The summed E-state index contributed by atoms with van der Waals surface area (Å²) in [6.45, 7) is 5.78. The molecule has 1 aromatic carbocycles. The Kier molecular flexibility index (Phi) is 5.64. The first kappa shape index (κ1) is 18.2. The summed E-state index contributed by atoms with van der Waals surface area (Å²) in [6.07, 6.45) is 3.96. The Morgan fingerprint density at radius 2 is 1.96 bits per heavy atom. The van der Waals surface area contributed by atoms with Gasteiger partial charge in [-0.2, -0.15) is 0 Å². The van der Waals surface area contributed by atoms with E-state index in [9.17, 15) is 9.90 Å². The van der Waals surface area contributed by atoms with Crippen LogP contribution in [0.25, 0.3) is 0 Å². The molecule has 0 unspecified atom stereocenters. The van der Waals surface area contributed by atoms with Crippen molar-refractivity contribution >= 4 is 6.09 Å². The van der Waals surface area contributed by atoms with E-state index in [4.69, 9.17) is 4.74 Å². The molecule has 1 atom stereocenters. The van der Waals surface area contributed by atoms with Crippen molar-refractivity contribution in [2.45, 2.75) is 63.7 Å². The molecule has 2 aliphatic rings. The SMILES string of the molecule is CC(C)OC(=O)NC[C@]1(O)CCCN(C2Cc3ccccc3C2)CC1. The van der Waals surface area contributed by atoms with Crippen molar-refractivity contribution < 1.29 is 14.6 Å². The number of nitrogens with one attached hydrogen (secondary N) is 1. The first-order valence-corrected chi connectivity index (χ1v) is 9.43. The molecule has 5 nitrogen and oxygen atoms in total. The molecule has 0 saturated carbocycles. The van der Waals surface area contributed by atoms with Gasteiger partial charge in [0, 0.05) is 19.1 Å². The number of fused-ring (bicyclic) bond motifs is 1. The van der Waals surface area contributed by atoms with Crippen LogP contribution in [0.4, 0.5) is 4.79 Å². The average molecular weight is 346 g/mol. The van der Waals surface area contributed by atoms with E-state index in [1.54, 1.807) is 0 Å². The van der Waals surface area contributed by atoms with Crippen molar-refractivity contribution in [3.63, 3.8) is 0 Å². The standard InChI is InChI=1S/C20H30N2O3/c1-15(2)25-19(23)21-14-20(24)8-5-10-22(11-9-20)18-12-16-6-3-4-7-17(16)13-18/h3-4,6-7,15,18,24H,5,8-14H2,1-2H3,(H,21,23)/t20-/m0/s1.